The van der Waals surface area contributed by atoms with Crippen LogP contribution in [0.25, 0.3) is 0 Å². The maximum absolute atomic E-state index is 12.1. The number of rotatable bonds is 5. The van der Waals surface area contributed by atoms with E-state index in [1.54, 1.807) is 12.5 Å². The number of hydrogen-bond donors (Lipinski definition) is 2. The fraction of sp³-hybridized carbons (Fsp3) is 0.438. The van der Waals surface area contributed by atoms with Crippen molar-refractivity contribution in [3.8, 4) is 0 Å². The van der Waals surface area contributed by atoms with Crippen molar-refractivity contribution < 1.29 is 9.21 Å². The Morgan fingerprint density at radius 1 is 1.36 bits per heavy atom. The van der Waals surface area contributed by atoms with Crippen LogP contribution in [0.1, 0.15) is 49.6 Å². The minimum Gasteiger partial charge on any atom is -0.467 e. The molecule has 0 unspecified atom stereocenters. The second-order valence-corrected chi connectivity index (χ2v) is 6.00. The second kappa shape index (κ2) is 6.60. The van der Waals surface area contributed by atoms with Crippen molar-refractivity contribution in [2.75, 3.05) is 11.9 Å². The summed E-state index contributed by atoms with van der Waals surface area (Å²) in [5, 5.41) is 5.93. The molecule has 6 heteroatoms. The number of nitrogens with zero attached hydrogens (tertiary/aromatic N) is 2. The average Bonchev–Trinajstić information content (AvgIpc) is 2.97. The first-order valence-corrected chi connectivity index (χ1v) is 7.33. The van der Waals surface area contributed by atoms with Gasteiger partial charge in [-0.25, -0.2) is 9.97 Å². The van der Waals surface area contributed by atoms with Crippen molar-refractivity contribution in [1.29, 1.82) is 0 Å². The van der Waals surface area contributed by atoms with Gasteiger partial charge in [-0.15, -0.1) is 0 Å². The number of anilines is 1. The molecule has 1 amide bonds. The highest BCUT2D eigenvalue weighted by Gasteiger charge is 2.21. The molecule has 2 N–H and O–H groups in total. The lowest BCUT2D eigenvalue weighted by molar-refractivity contribution is 0.0955. The van der Waals surface area contributed by atoms with Gasteiger partial charge in [-0.3, -0.25) is 4.79 Å². The highest BCUT2D eigenvalue weighted by Crippen LogP contribution is 2.22. The normalized spacial score (nSPS) is 11.3. The molecule has 6 nitrogen and oxygen atoms in total. The number of aromatic nitrogens is 2. The van der Waals surface area contributed by atoms with E-state index < -0.39 is 0 Å². The van der Waals surface area contributed by atoms with E-state index in [9.17, 15) is 4.79 Å². The number of carbonyl (C=O) groups is 1. The fourth-order valence-corrected chi connectivity index (χ4v) is 1.88. The maximum Gasteiger partial charge on any atom is 0.256 e. The molecule has 118 valence electrons. The molecule has 0 bridgehead atoms. The third kappa shape index (κ3) is 3.84. The van der Waals surface area contributed by atoms with Crippen LogP contribution in [-0.2, 0) is 12.0 Å². The molecule has 2 aromatic rings. The molecule has 0 aliphatic rings. The van der Waals surface area contributed by atoms with Crippen LogP contribution in [0.3, 0.4) is 0 Å². The van der Waals surface area contributed by atoms with E-state index in [0.717, 1.165) is 5.76 Å². The molecule has 0 radical (unpaired) electrons. The Kier molecular flexibility index (Phi) is 4.80. The van der Waals surface area contributed by atoms with Gasteiger partial charge in [0, 0.05) is 18.2 Å². The summed E-state index contributed by atoms with van der Waals surface area (Å²) in [7, 11) is 0. The summed E-state index contributed by atoms with van der Waals surface area (Å²) in [6.07, 6.45) is 3.19. The van der Waals surface area contributed by atoms with E-state index in [1.807, 2.05) is 39.8 Å². The summed E-state index contributed by atoms with van der Waals surface area (Å²) in [5.74, 6) is 1.78. The Hall–Kier alpha value is -2.37. The summed E-state index contributed by atoms with van der Waals surface area (Å²) >= 11 is 0. The van der Waals surface area contributed by atoms with Crippen LogP contribution in [0, 0.1) is 0 Å². The lowest BCUT2D eigenvalue weighted by Crippen LogP contribution is -2.26. The fourth-order valence-electron chi connectivity index (χ4n) is 1.88. The minimum absolute atomic E-state index is 0.190. The van der Waals surface area contributed by atoms with E-state index in [0.29, 0.717) is 30.3 Å². The number of furan rings is 1. The molecule has 0 aromatic carbocycles. The lowest BCUT2D eigenvalue weighted by Gasteiger charge is -2.19. The summed E-state index contributed by atoms with van der Waals surface area (Å²) in [6, 6.07) is 3.69. The topological polar surface area (TPSA) is 80.0 Å². The molecular weight excluding hydrogens is 280 g/mol. The summed E-state index contributed by atoms with van der Waals surface area (Å²) in [6.45, 7) is 8.98. The summed E-state index contributed by atoms with van der Waals surface area (Å²) < 4.78 is 5.29. The summed E-state index contributed by atoms with van der Waals surface area (Å²) in [4.78, 5) is 21.0. The highest BCUT2D eigenvalue weighted by molar-refractivity contribution is 5.98. The van der Waals surface area contributed by atoms with Crippen LogP contribution in [0.4, 0.5) is 5.82 Å². The summed E-state index contributed by atoms with van der Waals surface area (Å²) in [5.41, 5.74) is 0.238. The molecule has 22 heavy (non-hydrogen) atoms. The molecule has 0 spiro atoms. The van der Waals surface area contributed by atoms with Gasteiger partial charge in [0.05, 0.1) is 12.8 Å². The number of amides is 1. The number of hydrogen-bond acceptors (Lipinski definition) is 5. The molecule has 0 aliphatic carbocycles. The van der Waals surface area contributed by atoms with Crippen LogP contribution in [0.15, 0.2) is 29.0 Å². The van der Waals surface area contributed by atoms with Crippen molar-refractivity contribution in [2.24, 2.45) is 0 Å². The molecule has 2 aromatic heterocycles. The van der Waals surface area contributed by atoms with Gasteiger partial charge in [0.2, 0.25) is 0 Å². The van der Waals surface area contributed by atoms with Gasteiger partial charge in [0.25, 0.3) is 5.91 Å². The number of carbonyl (C=O) groups excluding carboxylic acids is 1. The molecular formula is C16H22N4O2. The van der Waals surface area contributed by atoms with E-state index in [4.69, 9.17) is 4.42 Å². The lowest BCUT2D eigenvalue weighted by atomic mass is 9.95. The Balaban J connectivity index is 2.30. The predicted molar refractivity (Wildman–Crippen MR) is 84.8 cm³/mol. The van der Waals surface area contributed by atoms with Gasteiger partial charge >= 0.3 is 0 Å². The quantitative estimate of drug-likeness (QED) is 0.887. The third-order valence-corrected chi connectivity index (χ3v) is 3.05. The zero-order chi connectivity index (χ0) is 16.2. The first kappa shape index (κ1) is 16.0. The largest absolute Gasteiger partial charge is 0.467 e. The predicted octanol–water partition coefficient (Wildman–Crippen LogP) is 2.73. The third-order valence-electron chi connectivity index (χ3n) is 3.05. The van der Waals surface area contributed by atoms with Gasteiger partial charge in [-0.2, -0.15) is 0 Å². The van der Waals surface area contributed by atoms with Crippen molar-refractivity contribution in [3.63, 3.8) is 0 Å². The first-order chi connectivity index (χ1) is 10.4. The van der Waals surface area contributed by atoms with E-state index in [1.165, 1.54) is 0 Å². The van der Waals surface area contributed by atoms with Crippen molar-refractivity contribution in [2.45, 2.75) is 39.7 Å². The van der Waals surface area contributed by atoms with Gasteiger partial charge in [-0.05, 0) is 19.1 Å². The van der Waals surface area contributed by atoms with Crippen LogP contribution in [0.5, 0.6) is 0 Å². The van der Waals surface area contributed by atoms with Crippen LogP contribution in [0.2, 0.25) is 0 Å². The first-order valence-electron chi connectivity index (χ1n) is 7.33. The molecule has 0 fully saturated rings. The smallest absolute Gasteiger partial charge is 0.256 e. The van der Waals surface area contributed by atoms with E-state index in [-0.39, 0.29) is 11.3 Å². The Labute approximate surface area is 130 Å². The van der Waals surface area contributed by atoms with Crippen LogP contribution < -0.4 is 10.6 Å². The van der Waals surface area contributed by atoms with Crippen LogP contribution >= 0.6 is 0 Å². The Morgan fingerprint density at radius 3 is 2.73 bits per heavy atom. The maximum atomic E-state index is 12.1. The van der Waals surface area contributed by atoms with Gasteiger partial charge in [-0.1, -0.05) is 20.8 Å². The zero-order valence-electron chi connectivity index (χ0n) is 13.4. The van der Waals surface area contributed by atoms with Crippen molar-refractivity contribution >= 4 is 11.7 Å². The molecule has 2 rings (SSSR count). The standard InChI is InChI=1S/C16H22N4O2/c1-5-17-14(21)12-10-19-15(16(2,3)4)20-13(12)18-9-11-7-6-8-22-11/h6-8,10H,5,9H2,1-4H3,(H,17,21)(H,18,19,20). The van der Waals surface area contributed by atoms with Crippen molar-refractivity contribution in [3.05, 3.63) is 41.7 Å². The Bertz CT molecular complexity index is 630. The monoisotopic (exact) mass is 302 g/mol. The second-order valence-electron chi connectivity index (χ2n) is 6.00. The Morgan fingerprint density at radius 2 is 2.14 bits per heavy atom. The van der Waals surface area contributed by atoms with Gasteiger partial charge in [0.15, 0.2) is 0 Å². The van der Waals surface area contributed by atoms with E-state index in [2.05, 4.69) is 20.6 Å². The van der Waals surface area contributed by atoms with E-state index >= 15 is 0 Å². The number of nitrogens with one attached hydrogen (secondary N) is 2. The van der Waals surface area contributed by atoms with Crippen LogP contribution in [-0.4, -0.2) is 22.4 Å². The molecule has 2 heterocycles. The average molecular weight is 302 g/mol. The molecule has 0 aliphatic heterocycles. The van der Waals surface area contributed by atoms with Gasteiger partial charge in [0.1, 0.15) is 23.0 Å². The minimum atomic E-state index is -0.194. The highest BCUT2D eigenvalue weighted by atomic mass is 16.3. The van der Waals surface area contributed by atoms with Gasteiger partial charge < -0.3 is 15.1 Å². The molecule has 0 atom stereocenters. The van der Waals surface area contributed by atoms with Crippen molar-refractivity contribution in [1.82, 2.24) is 15.3 Å². The molecule has 0 saturated heterocycles. The molecule has 0 saturated carbocycles. The zero-order valence-corrected chi connectivity index (χ0v) is 13.4. The SMILES string of the molecule is CCNC(=O)c1cnc(C(C)(C)C)nc1NCc1ccco1.